The minimum atomic E-state index is 0. The minimum Gasteiger partial charge on any atom is -0.491 e. The number of aliphatic imine (C=N–C) groups is 1. The van der Waals surface area contributed by atoms with Gasteiger partial charge in [-0.1, -0.05) is 17.3 Å². The summed E-state index contributed by atoms with van der Waals surface area (Å²) in [5.74, 6) is 2.89. The second kappa shape index (κ2) is 12.7. The summed E-state index contributed by atoms with van der Waals surface area (Å²) in [5, 5.41) is 10.4. The molecule has 0 spiro atoms. The number of halogens is 1. The molecule has 0 bridgehead atoms. The monoisotopic (exact) mass is 529 g/mol. The summed E-state index contributed by atoms with van der Waals surface area (Å²) >= 11 is 0. The normalized spacial score (nSPS) is 16.2. The number of aryl methyl sites for hydroxylation is 2. The van der Waals surface area contributed by atoms with Crippen molar-refractivity contribution in [3.05, 3.63) is 41.0 Å². The highest BCUT2D eigenvalue weighted by molar-refractivity contribution is 14.0. The van der Waals surface area contributed by atoms with E-state index < -0.39 is 0 Å². The van der Waals surface area contributed by atoms with Crippen LogP contribution in [0, 0.1) is 13.8 Å². The highest BCUT2D eigenvalue weighted by atomic mass is 127. The zero-order chi connectivity index (χ0) is 20.5. The van der Waals surface area contributed by atoms with E-state index in [0.717, 1.165) is 43.3 Å². The quantitative estimate of drug-likeness (QED) is 0.293. The Morgan fingerprint density at radius 3 is 2.87 bits per heavy atom. The van der Waals surface area contributed by atoms with Crippen LogP contribution in [0.5, 0.6) is 5.75 Å². The molecule has 1 unspecified atom stereocenters. The fourth-order valence-corrected chi connectivity index (χ4v) is 3.12. The van der Waals surface area contributed by atoms with Crippen LogP contribution in [0.25, 0.3) is 0 Å². The van der Waals surface area contributed by atoms with Crippen LogP contribution in [0.15, 0.2) is 27.7 Å². The number of rotatable bonds is 9. The van der Waals surface area contributed by atoms with Crippen molar-refractivity contribution in [2.75, 3.05) is 26.3 Å². The van der Waals surface area contributed by atoms with Gasteiger partial charge in [0.05, 0.1) is 12.6 Å². The molecule has 1 aromatic carbocycles. The third kappa shape index (κ3) is 7.75. The molecule has 0 saturated carbocycles. The Kier molecular flexibility index (Phi) is 10.4. The first kappa shape index (κ1) is 24.4. The van der Waals surface area contributed by atoms with E-state index in [2.05, 4.69) is 45.9 Å². The molecule has 2 aromatic rings. The third-order valence-corrected chi connectivity index (χ3v) is 4.62. The molecule has 1 aliphatic rings. The van der Waals surface area contributed by atoms with Gasteiger partial charge in [0.15, 0.2) is 11.8 Å². The van der Waals surface area contributed by atoms with Gasteiger partial charge in [0.1, 0.15) is 12.4 Å². The molecule has 0 radical (unpaired) electrons. The second-order valence-corrected chi connectivity index (χ2v) is 7.16. The van der Waals surface area contributed by atoms with Gasteiger partial charge in [-0.25, -0.2) is 4.99 Å². The van der Waals surface area contributed by atoms with Crippen molar-refractivity contribution in [3.63, 3.8) is 0 Å². The van der Waals surface area contributed by atoms with Gasteiger partial charge in [-0.2, -0.15) is 4.98 Å². The van der Waals surface area contributed by atoms with E-state index in [1.165, 1.54) is 5.56 Å². The Hall–Kier alpha value is -1.88. The molecule has 1 fully saturated rings. The van der Waals surface area contributed by atoms with E-state index in [4.69, 9.17) is 19.0 Å². The summed E-state index contributed by atoms with van der Waals surface area (Å²) in [6, 6.07) is 6.23. The van der Waals surface area contributed by atoms with Crippen LogP contribution in [0.1, 0.15) is 42.6 Å². The van der Waals surface area contributed by atoms with Crippen LogP contribution in [-0.4, -0.2) is 48.5 Å². The number of aromatic nitrogens is 2. The fourth-order valence-electron chi connectivity index (χ4n) is 3.12. The molecular formula is C21H32IN5O3. The van der Waals surface area contributed by atoms with Crippen LogP contribution >= 0.6 is 24.0 Å². The highest BCUT2D eigenvalue weighted by Crippen LogP contribution is 2.23. The van der Waals surface area contributed by atoms with Crippen LogP contribution in [0.4, 0.5) is 0 Å². The van der Waals surface area contributed by atoms with E-state index in [1.807, 2.05) is 13.8 Å². The van der Waals surface area contributed by atoms with Crippen LogP contribution < -0.4 is 15.4 Å². The van der Waals surface area contributed by atoms with E-state index >= 15 is 0 Å². The Labute approximate surface area is 195 Å². The molecule has 0 aliphatic carbocycles. The Bertz CT molecular complexity index is 806. The molecule has 1 atom stereocenters. The Balaban J connectivity index is 0.00000320. The molecule has 1 saturated heterocycles. The smallest absolute Gasteiger partial charge is 0.228 e. The first-order valence-corrected chi connectivity index (χ1v) is 10.3. The molecule has 9 heteroatoms. The van der Waals surface area contributed by atoms with Gasteiger partial charge >= 0.3 is 0 Å². The van der Waals surface area contributed by atoms with Gasteiger partial charge in [-0.3, -0.25) is 0 Å². The van der Waals surface area contributed by atoms with Crippen molar-refractivity contribution in [3.8, 4) is 5.75 Å². The van der Waals surface area contributed by atoms with Gasteiger partial charge in [0, 0.05) is 31.7 Å². The second-order valence-electron chi connectivity index (χ2n) is 7.16. The SMILES string of the molecule is CCNC(=NCc1ccc(C)cc1OCC1CCCO1)NCCc1nc(C)no1.I. The molecule has 3 rings (SSSR count). The number of nitrogens with one attached hydrogen (secondary N) is 2. The zero-order valence-electron chi connectivity index (χ0n) is 17.9. The summed E-state index contributed by atoms with van der Waals surface area (Å²) in [7, 11) is 0. The van der Waals surface area contributed by atoms with E-state index in [-0.39, 0.29) is 30.1 Å². The van der Waals surface area contributed by atoms with Crippen molar-refractivity contribution in [1.82, 2.24) is 20.8 Å². The van der Waals surface area contributed by atoms with Crippen LogP contribution in [-0.2, 0) is 17.7 Å². The molecule has 30 heavy (non-hydrogen) atoms. The maximum Gasteiger partial charge on any atom is 0.228 e. The maximum atomic E-state index is 6.07. The molecule has 1 aromatic heterocycles. The van der Waals surface area contributed by atoms with Gasteiger partial charge in [-0.15, -0.1) is 24.0 Å². The average molecular weight is 529 g/mol. The fraction of sp³-hybridized carbons (Fsp3) is 0.571. The lowest BCUT2D eigenvalue weighted by Crippen LogP contribution is -2.38. The molecule has 2 heterocycles. The van der Waals surface area contributed by atoms with Gasteiger partial charge < -0.3 is 24.6 Å². The Morgan fingerprint density at radius 2 is 2.17 bits per heavy atom. The summed E-state index contributed by atoms with van der Waals surface area (Å²) in [4.78, 5) is 8.92. The summed E-state index contributed by atoms with van der Waals surface area (Å²) < 4.78 is 16.9. The zero-order valence-corrected chi connectivity index (χ0v) is 20.3. The minimum absolute atomic E-state index is 0. The van der Waals surface area contributed by atoms with E-state index in [1.54, 1.807) is 0 Å². The lowest BCUT2D eigenvalue weighted by Gasteiger charge is -2.15. The van der Waals surface area contributed by atoms with E-state index in [9.17, 15) is 0 Å². The number of hydrogen-bond acceptors (Lipinski definition) is 6. The molecule has 8 nitrogen and oxygen atoms in total. The number of hydrogen-bond donors (Lipinski definition) is 2. The van der Waals surface area contributed by atoms with Crippen LogP contribution in [0.2, 0.25) is 0 Å². The molecule has 2 N–H and O–H groups in total. The molecule has 1 aliphatic heterocycles. The number of nitrogens with zero attached hydrogens (tertiary/aromatic N) is 3. The lowest BCUT2D eigenvalue weighted by atomic mass is 10.1. The molecular weight excluding hydrogens is 497 g/mol. The van der Waals surface area contributed by atoms with Crippen molar-refractivity contribution in [1.29, 1.82) is 0 Å². The largest absolute Gasteiger partial charge is 0.491 e. The first-order valence-electron chi connectivity index (χ1n) is 10.3. The van der Waals surface area contributed by atoms with Crippen molar-refractivity contribution < 1.29 is 14.0 Å². The number of ether oxygens (including phenoxy) is 2. The first-order chi connectivity index (χ1) is 14.1. The summed E-state index contributed by atoms with van der Waals surface area (Å²) in [6.45, 7) is 9.30. The van der Waals surface area contributed by atoms with Gasteiger partial charge in [0.2, 0.25) is 5.89 Å². The molecule has 0 amide bonds. The van der Waals surface area contributed by atoms with Crippen molar-refractivity contribution >= 4 is 29.9 Å². The number of guanidine groups is 1. The predicted octanol–water partition coefficient (Wildman–Crippen LogP) is 3.16. The molecule has 166 valence electrons. The van der Waals surface area contributed by atoms with Crippen molar-refractivity contribution in [2.24, 2.45) is 4.99 Å². The predicted molar refractivity (Wildman–Crippen MR) is 127 cm³/mol. The third-order valence-electron chi connectivity index (χ3n) is 4.62. The topological polar surface area (TPSA) is 93.8 Å². The van der Waals surface area contributed by atoms with Crippen LogP contribution in [0.3, 0.4) is 0 Å². The maximum absolute atomic E-state index is 6.07. The van der Waals surface area contributed by atoms with Gasteiger partial charge in [-0.05, 0) is 45.2 Å². The average Bonchev–Trinajstić information content (AvgIpc) is 3.37. The lowest BCUT2D eigenvalue weighted by molar-refractivity contribution is 0.0676. The summed E-state index contributed by atoms with van der Waals surface area (Å²) in [6.07, 6.45) is 3.01. The van der Waals surface area contributed by atoms with Crippen molar-refractivity contribution in [2.45, 2.75) is 52.7 Å². The van der Waals surface area contributed by atoms with Gasteiger partial charge in [0.25, 0.3) is 0 Å². The van der Waals surface area contributed by atoms with E-state index in [0.29, 0.717) is 37.8 Å². The summed E-state index contributed by atoms with van der Waals surface area (Å²) in [5.41, 5.74) is 2.22. The standard InChI is InChI=1S/C21H31N5O3.HI/c1-4-22-21(23-10-9-20-25-16(3)26-29-20)24-13-17-8-7-15(2)12-19(17)28-14-18-6-5-11-27-18;/h7-8,12,18H,4-6,9-11,13-14H2,1-3H3,(H2,22,23,24);1H. The number of benzene rings is 1. The highest BCUT2D eigenvalue weighted by Gasteiger charge is 2.17. The Morgan fingerprint density at radius 1 is 1.30 bits per heavy atom.